The molecular formula is C16H27NS. The standard InChI is InChI=1S/C16H27NS/c1-6-13(4)15(17-7-2)11-18-16-9-8-12(3)10-14(16)5/h8-10,13,15,17H,6-7,11H2,1-5H3. The van der Waals surface area contributed by atoms with Crippen molar-refractivity contribution in [3.8, 4) is 0 Å². The minimum Gasteiger partial charge on any atom is -0.313 e. The minimum absolute atomic E-state index is 0.616. The van der Waals surface area contributed by atoms with Crippen molar-refractivity contribution in [1.29, 1.82) is 0 Å². The van der Waals surface area contributed by atoms with Gasteiger partial charge >= 0.3 is 0 Å². The van der Waals surface area contributed by atoms with Crippen molar-refractivity contribution in [2.75, 3.05) is 12.3 Å². The first kappa shape index (κ1) is 15.6. The number of thioether (sulfide) groups is 1. The van der Waals surface area contributed by atoms with E-state index in [0.29, 0.717) is 6.04 Å². The van der Waals surface area contributed by atoms with E-state index in [9.17, 15) is 0 Å². The lowest BCUT2D eigenvalue weighted by Gasteiger charge is -2.23. The molecule has 1 nitrogen and oxygen atoms in total. The van der Waals surface area contributed by atoms with Crippen molar-refractivity contribution in [1.82, 2.24) is 5.32 Å². The largest absolute Gasteiger partial charge is 0.313 e. The fourth-order valence-electron chi connectivity index (χ4n) is 2.11. The molecule has 1 aromatic rings. The average Bonchev–Trinajstić information content (AvgIpc) is 2.35. The molecule has 0 aliphatic carbocycles. The number of nitrogens with one attached hydrogen (secondary N) is 1. The van der Waals surface area contributed by atoms with Crippen LogP contribution in [0, 0.1) is 19.8 Å². The zero-order valence-corrected chi connectivity index (χ0v) is 13.2. The molecule has 0 fully saturated rings. The maximum atomic E-state index is 3.61. The highest BCUT2D eigenvalue weighted by atomic mass is 32.2. The molecule has 1 N–H and O–H groups in total. The van der Waals surface area contributed by atoms with E-state index in [1.165, 1.54) is 22.4 Å². The molecule has 102 valence electrons. The Labute approximate surface area is 117 Å². The second-order valence-corrected chi connectivity index (χ2v) is 6.19. The van der Waals surface area contributed by atoms with Crippen molar-refractivity contribution >= 4 is 11.8 Å². The van der Waals surface area contributed by atoms with Gasteiger partial charge in [-0.25, -0.2) is 0 Å². The van der Waals surface area contributed by atoms with Crippen LogP contribution in [0.25, 0.3) is 0 Å². The summed E-state index contributed by atoms with van der Waals surface area (Å²) < 4.78 is 0. The molecular weight excluding hydrogens is 238 g/mol. The molecule has 2 unspecified atom stereocenters. The van der Waals surface area contributed by atoms with Gasteiger partial charge in [-0.2, -0.15) is 0 Å². The van der Waals surface area contributed by atoms with Gasteiger partial charge in [0.15, 0.2) is 0 Å². The summed E-state index contributed by atoms with van der Waals surface area (Å²) in [5.41, 5.74) is 2.75. The van der Waals surface area contributed by atoms with Crippen LogP contribution in [0.2, 0.25) is 0 Å². The predicted molar refractivity (Wildman–Crippen MR) is 83.6 cm³/mol. The summed E-state index contributed by atoms with van der Waals surface area (Å²) in [5, 5.41) is 3.61. The van der Waals surface area contributed by atoms with Gasteiger partial charge in [0, 0.05) is 16.7 Å². The Bertz CT molecular complexity index is 362. The fraction of sp³-hybridized carbons (Fsp3) is 0.625. The van der Waals surface area contributed by atoms with E-state index >= 15 is 0 Å². The molecule has 0 bridgehead atoms. The van der Waals surface area contributed by atoms with Gasteiger partial charge in [-0.15, -0.1) is 11.8 Å². The number of hydrogen-bond acceptors (Lipinski definition) is 2. The molecule has 0 aliphatic heterocycles. The lowest BCUT2D eigenvalue weighted by Crippen LogP contribution is -2.36. The lowest BCUT2D eigenvalue weighted by atomic mass is 10.0. The molecule has 0 aliphatic rings. The Morgan fingerprint density at radius 2 is 1.94 bits per heavy atom. The van der Waals surface area contributed by atoms with E-state index in [4.69, 9.17) is 0 Å². The molecule has 2 heteroatoms. The smallest absolute Gasteiger partial charge is 0.0187 e. The van der Waals surface area contributed by atoms with Crippen molar-refractivity contribution < 1.29 is 0 Å². The average molecular weight is 265 g/mol. The SMILES string of the molecule is CCNC(CSc1ccc(C)cc1C)C(C)CC. The Balaban J connectivity index is 2.60. The molecule has 0 saturated carbocycles. The number of rotatable bonds is 7. The van der Waals surface area contributed by atoms with Crippen LogP contribution in [0.15, 0.2) is 23.1 Å². The molecule has 18 heavy (non-hydrogen) atoms. The molecule has 0 spiro atoms. The molecule has 1 aromatic carbocycles. The van der Waals surface area contributed by atoms with Crippen LogP contribution in [-0.4, -0.2) is 18.3 Å². The van der Waals surface area contributed by atoms with Crippen molar-refractivity contribution in [3.05, 3.63) is 29.3 Å². The summed E-state index contributed by atoms with van der Waals surface area (Å²) in [5.74, 6) is 1.90. The normalized spacial score (nSPS) is 14.5. The first-order valence-electron chi connectivity index (χ1n) is 7.01. The molecule has 0 aromatic heterocycles. The molecule has 0 saturated heterocycles. The fourth-order valence-corrected chi connectivity index (χ4v) is 3.37. The highest BCUT2D eigenvalue weighted by molar-refractivity contribution is 7.99. The van der Waals surface area contributed by atoms with Gasteiger partial charge in [-0.1, -0.05) is 44.9 Å². The van der Waals surface area contributed by atoms with Gasteiger partial charge in [0.2, 0.25) is 0 Å². The Morgan fingerprint density at radius 1 is 1.22 bits per heavy atom. The summed E-state index contributed by atoms with van der Waals surface area (Å²) in [6, 6.07) is 7.36. The Kier molecular flexibility index (Phi) is 6.80. The second-order valence-electron chi connectivity index (χ2n) is 5.13. The zero-order chi connectivity index (χ0) is 13.5. The number of aryl methyl sites for hydroxylation is 2. The van der Waals surface area contributed by atoms with Gasteiger partial charge in [-0.05, 0) is 37.9 Å². The summed E-state index contributed by atoms with van der Waals surface area (Å²) in [6.07, 6.45) is 1.24. The lowest BCUT2D eigenvalue weighted by molar-refractivity contribution is 0.404. The quantitative estimate of drug-likeness (QED) is 0.732. The maximum Gasteiger partial charge on any atom is 0.0187 e. The third-order valence-electron chi connectivity index (χ3n) is 3.55. The number of benzene rings is 1. The monoisotopic (exact) mass is 265 g/mol. The third-order valence-corrected chi connectivity index (χ3v) is 4.84. The second kappa shape index (κ2) is 7.85. The Morgan fingerprint density at radius 3 is 2.50 bits per heavy atom. The predicted octanol–water partition coefficient (Wildman–Crippen LogP) is 4.42. The summed E-state index contributed by atoms with van der Waals surface area (Å²) in [6.45, 7) is 12.2. The van der Waals surface area contributed by atoms with Gasteiger partial charge in [0.25, 0.3) is 0 Å². The van der Waals surface area contributed by atoms with E-state index in [0.717, 1.165) is 18.2 Å². The van der Waals surface area contributed by atoms with Crippen molar-refractivity contribution in [2.24, 2.45) is 5.92 Å². The summed E-state index contributed by atoms with van der Waals surface area (Å²) in [7, 11) is 0. The highest BCUT2D eigenvalue weighted by Crippen LogP contribution is 2.25. The van der Waals surface area contributed by atoms with E-state index in [2.05, 4.69) is 58.1 Å². The third kappa shape index (κ3) is 4.66. The highest BCUT2D eigenvalue weighted by Gasteiger charge is 2.15. The van der Waals surface area contributed by atoms with E-state index in [-0.39, 0.29) is 0 Å². The van der Waals surface area contributed by atoms with Crippen LogP contribution in [0.4, 0.5) is 0 Å². The van der Waals surface area contributed by atoms with Gasteiger partial charge < -0.3 is 5.32 Å². The van der Waals surface area contributed by atoms with Gasteiger partial charge in [-0.3, -0.25) is 0 Å². The zero-order valence-electron chi connectivity index (χ0n) is 12.4. The minimum atomic E-state index is 0.616. The molecule has 0 radical (unpaired) electrons. The molecule has 0 heterocycles. The van der Waals surface area contributed by atoms with Crippen molar-refractivity contribution in [2.45, 2.75) is 52.0 Å². The maximum absolute atomic E-state index is 3.61. The topological polar surface area (TPSA) is 12.0 Å². The molecule has 2 atom stereocenters. The summed E-state index contributed by atoms with van der Waals surface area (Å²) in [4.78, 5) is 1.42. The van der Waals surface area contributed by atoms with Crippen LogP contribution in [0.5, 0.6) is 0 Å². The van der Waals surface area contributed by atoms with Gasteiger partial charge in [0.1, 0.15) is 0 Å². The van der Waals surface area contributed by atoms with Crippen molar-refractivity contribution in [3.63, 3.8) is 0 Å². The van der Waals surface area contributed by atoms with Crippen LogP contribution in [0.1, 0.15) is 38.3 Å². The van der Waals surface area contributed by atoms with Crippen LogP contribution >= 0.6 is 11.8 Å². The van der Waals surface area contributed by atoms with Crippen LogP contribution in [0.3, 0.4) is 0 Å². The van der Waals surface area contributed by atoms with E-state index in [1.54, 1.807) is 0 Å². The van der Waals surface area contributed by atoms with Crippen LogP contribution in [-0.2, 0) is 0 Å². The van der Waals surface area contributed by atoms with Crippen LogP contribution < -0.4 is 5.32 Å². The van der Waals surface area contributed by atoms with Gasteiger partial charge in [0.05, 0.1) is 0 Å². The number of hydrogen-bond donors (Lipinski definition) is 1. The molecule has 1 rings (SSSR count). The first-order chi connectivity index (χ1) is 8.58. The van der Waals surface area contributed by atoms with E-state index < -0.39 is 0 Å². The first-order valence-corrected chi connectivity index (χ1v) is 8.00. The summed E-state index contributed by atoms with van der Waals surface area (Å²) >= 11 is 1.98. The van der Waals surface area contributed by atoms with E-state index in [1.807, 2.05) is 11.8 Å². The Hall–Kier alpha value is -0.470. The molecule has 0 amide bonds.